The van der Waals surface area contributed by atoms with Crippen LogP contribution in [0.5, 0.6) is 0 Å². The second kappa shape index (κ2) is 12.9. The Kier molecular flexibility index (Phi) is 15.0. The van der Waals surface area contributed by atoms with Crippen LogP contribution < -0.4 is 0 Å². The predicted octanol–water partition coefficient (Wildman–Crippen LogP) is 0.272. The third-order valence-electron chi connectivity index (χ3n) is 0.715. The van der Waals surface area contributed by atoms with Gasteiger partial charge < -0.3 is 0 Å². The highest BCUT2D eigenvalue weighted by molar-refractivity contribution is 7.75. The van der Waals surface area contributed by atoms with Crippen LogP contribution >= 0.6 is 0 Å². The maximum atomic E-state index is 9.91. The molecule has 0 unspecified atom stereocenters. The lowest BCUT2D eigenvalue weighted by molar-refractivity contribution is 0.334. The van der Waals surface area contributed by atoms with E-state index < -0.39 is 22.7 Å². The maximum Gasteiger partial charge on any atom is 0.304 e. The van der Waals surface area contributed by atoms with Crippen LogP contribution in [0.4, 0.5) is 0 Å². The van der Waals surface area contributed by atoms with Crippen molar-refractivity contribution in [3.63, 3.8) is 0 Å². The zero-order chi connectivity index (χ0) is 11.4. The molecule has 0 aromatic rings. The monoisotopic (exact) mass is 246 g/mol. The van der Waals surface area contributed by atoms with Gasteiger partial charge in [-0.15, -0.1) is 13.2 Å². The summed E-state index contributed by atoms with van der Waals surface area (Å²) in [5, 5.41) is 0. The Morgan fingerprint density at radius 3 is 1.64 bits per heavy atom. The molecule has 86 valence electrons. The molecule has 0 N–H and O–H groups in total. The van der Waals surface area contributed by atoms with E-state index in [1.165, 1.54) is 14.2 Å². The van der Waals surface area contributed by atoms with Crippen LogP contribution in [-0.2, 0) is 39.5 Å². The predicted molar refractivity (Wildman–Crippen MR) is 53.5 cm³/mol. The highest BCUT2D eigenvalue weighted by atomic mass is 32.2. The normalized spacial score (nSPS) is 15.4. The van der Waals surface area contributed by atoms with Gasteiger partial charge in [0.15, 0.2) is 0 Å². The van der Waals surface area contributed by atoms with Gasteiger partial charge in [-0.2, -0.15) is 8.42 Å². The van der Waals surface area contributed by atoms with E-state index in [2.05, 4.69) is 29.9 Å². The summed E-state index contributed by atoms with van der Waals surface area (Å²) >= 11 is -2.96. The molecule has 0 amide bonds. The van der Waals surface area contributed by atoms with Gasteiger partial charge in [0.2, 0.25) is 0 Å². The van der Waals surface area contributed by atoms with Crippen molar-refractivity contribution >= 4 is 22.7 Å². The lowest BCUT2D eigenvalue weighted by Gasteiger charge is -1.86. The molecule has 0 aliphatic carbocycles. The van der Waals surface area contributed by atoms with E-state index in [1.807, 2.05) is 0 Å². The Balaban J connectivity index is 0. The Labute approximate surface area is 88.9 Å². The van der Waals surface area contributed by atoms with E-state index in [0.29, 0.717) is 13.2 Å². The van der Waals surface area contributed by atoms with Gasteiger partial charge in [-0.05, 0) is 0 Å². The van der Waals surface area contributed by atoms with Crippen molar-refractivity contribution in [1.29, 1.82) is 0 Å². The van der Waals surface area contributed by atoms with Crippen LogP contribution in [0.15, 0.2) is 13.2 Å². The molecule has 1 fully saturated rings. The van der Waals surface area contributed by atoms with E-state index in [0.717, 1.165) is 0 Å². The Morgan fingerprint density at radius 2 is 1.57 bits per heavy atom. The maximum absolute atomic E-state index is 9.91. The van der Waals surface area contributed by atoms with E-state index in [9.17, 15) is 8.42 Å². The SMILES string of the molecule is C=C.COS(=O)OC.O=S1OCCO1. The van der Waals surface area contributed by atoms with Crippen LogP contribution in [0.3, 0.4) is 0 Å². The molecule has 1 heterocycles. The summed E-state index contributed by atoms with van der Waals surface area (Å²) in [6, 6.07) is 0. The van der Waals surface area contributed by atoms with Gasteiger partial charge in [0.05, 0.1) is 27.4 Å². The molecule has 0 radical (unpaired) electrons. The third-order valence-corrected chi connectivity index (χ3v) is 1.98. The minimum Gasteiger partial charge on any atom is -0.272 e. The fourth-order valence-electron chi connectivity index (χ4n) is 0.306. The smallest absolute Gasteiger partial charge is 0.272 e. The number of hydrogen-bond acceptors (Lipinski definition) is 6. The molecule has 0 saturated carbocycles. The largest absolute Gasteiger partial charge is 0.304 e. The first-order valence-electron chi connectivity index (χ1n) is 3.39. The van der Waals surface area contributed by atoms with Crippen LogP contribution in [0.25, 0.3) is 0 Å². The highest BCUT2D eigenvalue weighted by Gasteiger charge is 2.07. The Hall–Kier alpha value is -0.120. The third kappa shape index (κ3) is 11.9. The Morgan fingerprint density at radius 1 is 1.21 bits per heavy atom. The molecule has 1 aliphatic heterocycles. The molecular formula is C6H14O6S2. The summed E-state index contributed by atoms with van der Waals surface area (Å²) < 4.78 is 36.9. The summed E-state index contributed by atoms with van der Waals surface area (Å²) in [5.41, 5.74) is 0. The van der Waals surface area contributed by atoms with Crippen LogP contribution in [0.2, 0.25) is 0 Å². The molecule has 1 saturated heterocycles. The van der Waals surface area contributed by atoms with Gasteiger partial charge in [-0.25, -0.2) is 0 Å². The van der Waals surface area contributed by atoms with Gasteiger partial charge in [-0.1, -0.05) is 0 Å². The van der Waals surface area contributed by atoms with Crippen molar-refractivity contribution in [2.75, 3.05) is 27.4 Å². The standard InChI is InChI=1S/C2H4O3S.C2H6O3S.C2H4/c3-6-4-1-2-5-6;1-4-6(3)5-2;1-2/h1-2H2;1-2H3;1-2H2. The van der Waals surface area contributed by atoms with Crippen molar-refractivity contribution in [2.45, 2.75) is 0 Å². The summed E-state index contributed by atoms with van der Waals surface area (Å²) in [4.78, 5) is 0. The van der Waals surface area contributed by atoms with E-state index >= 15 is 0 Å². The van der Waals surface area contributed by atoms with Crippen LogP contribution in [0, 0.1) is 0 Å². The van der Waals surface area contributed by atoms with Gasteiger partial charge in [-0.3, -0.25) is 16.7 Å². The molecule has 1 rings (SSSR count). The lowest BCUT2D eigenvalue weighted by atomic mass is 10.8. The molecule has 6 nitrogen and oxygen atoms in total. The molecule has 8 heteroatoms. The quantitative estimate of drug-likeness (QED) is 0.651. The van der Waals surface area contributed by atoms with Crippen molar-refractivity contribution in [1.82, 2.24) is 0 Å². The minimum absolute atomic E-state index is 0.465. The van der Waals surface area contributed by atoms with Gasteiger partial charge >= 0.3 is 22.7 Å². The summed E-state index contributed by atoms with van der Waals surface area (Å²) in [7, 11) is 2.61. The second-order valence-corrected chi connectivity index (χ2v) is 3.34. The molecule has 0 spiro atoms. The van der Waals surface area contributed by atoms with Gasteiger partial charge in [0.1, 0.15) is 0 Å². The average Bonchev–Trinajstić information content (AvgIpc) is 2.72. The van der Waals surface area contributed by atoms with E-state index in [-0.39, 0.29) is 0 Å². The van der Waals surface area contributed by atoms with Crippen LogP contribution in [0.1, 0.15) is 0 Å². The zero-order valence-corrected chi connectivity index (χ0v) is 9.73. The lowest BCUT2D eigenvalue weighted by Crippen LogP contribution is -1.91. The first-order valence-corrected chi connectivity index (χ1v) is 5.39. The van der Waals surface area contributed by atoms with Crippen molar-refractivity contribution < 1.29 is 25.2 Å². The van der Waals surface area contributed by atoms with Crippen molar-refractivity contribution in [3.8, 4) is 0 Å². The van der Waals surface area contributed by atoms with Gasteiger partial charge in [0.25, 0.3) is 0 Å². The molecule has 1 aliphatic rings. The van der Waals surface area contributed by atoms with Gasteiger partial charge in [0, 0.05) is 0 Å². The summed E-state index contributed by atoms with van der Waals surface area (Å²) in [6.07, 6.45) is 0. The first-order chi connectivity index (χ1) is 6.70. The van der Waals surface area contributed by atoms with E-state index in [4.69, 9.17) is 0 Å². The van der Waals surface area contributed by atoms with Crippen LogP contribution in [-0.4, -0.2) is 35.9 Å². The first kappa shape index (κ1) is 16.3. The molecular weight excluding hydrogens is 232 g/mol. The van der Waals surface area contributed by atoms with Crippen molar-refractivity contribution in [2.24, 2.45) is 0 Å². The molecule has 0 aromatic carbocycles. The fourth-order valence-corrected chi connectivity index (χ4v) is 0.919. The molecule has 0 aromatic heterocycles. The van der Waals surface area contributed by atoms with E-state index in [1.54, 1.807) is 0 Å². The fraction of sp³-hybridized carbons (Fsp3) is 0.667. The summed E-state index contributed by atoms with van der Waals surface area (Å²) in [5.74, 6) is 0. The zero-order valence-electron chi connectivity index (χ0n) is 8.09. The number of rotatable bonds is 2. The Bertz CT molecular complexity index is 158. The second-order valence-electron chi connectivity index (χ2n) is 1.39. The molecule has 14 heavy (non-hydrogen) atoms. The van der Waals surface area contributed by atoms with Crippen molar-refractivity contribution in [3.05, 3.63) is 13.2 Å². The molecule has 0 atom stereocenters. The topological polar surface area (TPSA) is 71.1 Å². The number of hydrogen-bond donors (Lipinski definition) is 0. The highest BCUT2D eigenvalue weighted by Crippen LogP contribution is 1.95. The molecule has 0 bridgehead atoms. The minimum atomic E-state index is -1.53. The summed E-state index contributed by atoms with van der Waals surface area (Å²) in [6.45, 7) is 6.93. The average molecular weight is 246 g/mol.